The van der Waals surface area contributed by atoms with Crippen molar-refractivity contribution in [2.45, 2.75) is 6.92 Å². The summed E-state index contributed by atoms with van der Waals surface area (Å²) in [5.41, 5.74) is 4.01. The topological polar surface area (TPSA) is 57.6 Å². The molecule has 0 radical (unpaired) electrons. The molecule has 132 valence electrons. The van der Waals surface area contributed by atoms with Crippen LogP contribution in [0.4, 0.5) is 25.3 Å². The molecule has 1 aromatic heterocycles. The first kappa shape index (κ1) is 17.7. The average Bonchev–Trinajstić information content (AvgIpc) is 3.07. The van der Waals surface area contributed by atoms with E-state index in [0.29, 0.717) is 16.5 Å². The standard InChI is InChI=1S/C18H14F2N4OS/c1-12(25)24(17-5-3-2-4-16(17)20)18-22-15(11-26-18)10-21-23-14-8-6-13(19)7-9-14/h2-11,23H,1H3/b21-10-. The highest BCUT2D eigenvalue weighted by Crippen LogP contribution is 2.30. The van der Waals surface area contributed by atoms with Crippen LogP contribution in [0, 0.1) is 11.6 Å². The van der Waals surface area contributed by atoms with Crippen LogP contribution in [0.5, 0.6) is 0 Å². The first-order valence-corrected chi connectivity index (χ1v) is 8.48. The molecule has 26 heavy (non-hydrogen) atoms. The number of halogens is 2. The summed E-state index contributed by atoms with van der Waals surface area (Å²) in [6.07, 6.45) is 1.46. The highest BCUT2D eigenvalue weighted by atomic mass is 32.1. The van der Waals surface area contributed by atoms with Crippen molar-refractivity contribution in [3.8, 4) is 0 Å². The lowest BCUT2D eigenvalue weighted by Crippen LogP contribution is -2.23. The van der Waals surface area contributed by atoms with Crippen molar-refractivity contribution in [1.29, 1.82) is 0 Å². The first-order valence-electron chi connectivity index (χ1n) is 7.60. The molecule has 1 heterocycles. The molecule has 0 aliphatic heterocycles. The molecular formula is C18H14F2N4OS. The lowest BCUT2D eigenvalue weighted by Gasteiger charge is -2.18. The van der Waals surface area contributed by atoms with E-state index in [9.17, 15) is 13.6 Å². The van der Waals surface area contributed by atoms with Crippen LogP contribution in [0.1, 0.15) is 12.6 Å². The minimum atomic E-state index is -0.508. The minimum absolute atomic E-state index is 0.141. The normalized spacial score (nSPS) is 10.9. The molecule has 0 unspecified atom stereocenters. The Bertz CT molecular complexity index is 940. The molecule has 0 aliphatic rings. The average molecular weight is 372 g/mol. The van der Waals surface area contributed by atoms with Crippen LogP contribution in [0.3, 0.4) is 0 Å². The van der Waals surface area contributed by atoms with Crippen molar-refractivity contribution in [1.82, 2.24) is 4.98 Å². The van der Waals surface area contributed by atoms with Crippen LogP contribution < -0.4 is 10.3 Å². The maximum atomic E-state index is 14.0. The van der Waals surface area contributed by atoms with Crippen molar-refractivity contribution in [3.63, 3.8) is 0 Å². The van der Waals surface area contributed by atoms with E-state index in [2.05, 4.69) is 15.5 Å². The lowest BCUT2D eigenvalue weighted by molar-refractivity contribution is -0.115. The number of hydrogen-bond acceptors (Lipinski definition) is 5. The summed E-state index contributed by atoms with van der Waals surface area (Å²) in [4.78, 5) is 17.5. The highest BCUT2D eigenvalue weighted by molar-refractivity contribution is 7.14. The number of carbonyl (C=O) groups excluding carboxylic acids is 1. The zero-order valence-electron chi connectivity index (χ0n) is 13.7. The fraction of sp³-hybridized carbons (Fsp3) is 0.0556. The van der Waals surface area contributed by atoms with Gasteiger partial charge in [0, 0.05) is 12.3 Å². The van der Waals surface area contributed by atoms with Gasteiger partial charge < -0.3 is 0 Å². The Labute approximate surface area is 152 Å². The van der Waals surface area contributed by atoms with Crippen molar-refractivity contribution in [3.05, 3.63) is 71.2 Å². The molecule has 0 saturated carbocycles. The van der Waals surface area contributed by atoms with Gasteiger partial charge in [-0.2, -0.15) is 5.10 Å². The second-order valence-electron chi connectivity index (χ2n) is 5.24. The summed E-state index contributed by atoms with van der Waals surface area (Å²) >= 11 is 1.20. The Morgan fingerprint density at radius 1 is 1.19 bits per heavy atom. The molecule has 8 heteroatoms. The van der Waals surface area contributed by atoms with E-state index in [0.717, 1.165) is 0 Å². The van der Waals surface area contributed by atoms with Gasteiger partial charge >= 0.3 is 0 Å². The molecule has 3 rings (SSSR count). The van der Waals surface area contributed by atoms with Crippen molar-refractivity contribution < 1.29 is 13.6 Å². The van der Waals surface area contributed by atoms with Gasteiger partial charge in [0.05, 0.1) is 23.3 Å². The number of benzene rings is 2. The molecule has 2 aromatic carbocycles. The van der Waals surface area contributed by atoms with E-state index in [1.165, 1.54) is 53.6 Å². The summed E-state index contributed by atoms with van der Waals surface area (Å²) < 4.78 is 26.9. The van der Waals surface area contributed by atoms with Gasteiger partial charge in [-0.3, -0.25) is 15.1 Å². The van der Waals surface area contributed by atoms with Crippen molar-refractivity contribution in [2.24, 2.45) is 5.10 Å². The number of rotatable bonds is 5. The Morgan fingerprint density at radius 2 is 1.92 bits per heavy atom. The van der Waals surface area contributed by atoms with E-state index >= 15 is 0 Å². The smallest absolute Gasteiger partial charge is 0.230 e. The fourth-order valence-electron chi connectivity index (χ4n) is 2.18. The zero-order valence-corrected chi connectivity index (χ0v) is 14.5. The van der Waals surface area contributed by atoms with Gasteiger partial charge in [0.2, 0.25) is 5.91 Å². The monoisotopic (exact) mass is 372 g/mol. The van der Waals surface area contributed by atoms with Gasteiger partial charge in [-0.05, 0) is 36.4 Å². The van der Waals surface area contributed by atoms with Gasteiger partial charge in [-0.25, -0.2) is 13.8 Å². The molecule has 0 saturated heterocycles. The number of thiazole rings is 1. The van der Waals surface area contributed by atoms with Crippen LogP contribution in [0.15, 0.2) is 59.0 Å². The number of carbonyl (C=O) groups is 1. The highest BCUT2D eigenvalue weighted by Gasteiger charge is 2.20. The van der Waals surface area contributed by atoms with Crippen molar-refractivity contribution in [2.75, 3.05) is 10.3 Å². The van der Waals surface area contributed by atoms with Gasteiger partial charge in [-0.1, -0.05) is 12.1 Å². The van der Waals surface area contributed by atoms with E-state index in [-0.39, 0.29) is 17.4 Å². The summed E-state index contributed by atoms with van der Waals surface area (Å²) in [7, 11) is 0. The van der Waals surface area contributed by atoms with Crippen LogP contribution in [-0.4, -0.2) is 17.1 Å². The SMILES string of the molecule is CC(=O)N(c1nc(/C=N\Nc2ccc(F)cc2)cs1)c1ccccc1F. The quantitative estimate of drug-likeness (QED) is 0.528. The lowest BCUT2D eigenvalue weighted by atomic mass is 10.3. The largest absolute Gasteiger partial charge is 0.278 e. The number of anilines is 3. The van der Waals surface area contributed by atoms with Crippen LogP contribution in [0.25, 0.3) is 0 Å². The number of hydrazone groups is 1. The predicted molar refractivity (Wildman–Crippen MR) is 99.0 cm³/mol. The number of nitrogens with zero attached hydrogens (tertiary/aromatic N) is 3. The maximum Gasteiger partial charge on any atom is 0.230 e. The minimum Gasteiger partial charge on any atom is -0.278 e. The Hall–Kier alpha value is -3.13. The Balaban J connectivity index is 1.77. The summed E-state index contributed by atoms with van der Waals surface area (Å²) in [5, 5.41) is 6.05. The van der Waals surface area contributed by atoms with Crippen LogP contribution >= 0.6 is 11.3 Å². The molecule has 1 amide bonds. The van der Waals surface area contributed by atoms with E-state index in [1.807, 2.05) is 0 Å². The molecule has 3 aromatic rings. The van der Waals surface area contributed by atoms with Gasteiger partial charge in [-0.15, -0.1) is 11.3 Å². The van der Waals surface area contributed by atoms with Gasteiger partial charge in [0.25, 0.3) is 0 Å². The van der Waals surface area contributed by atoms with E-state index in [4.69, 9.17) is 0 Å². The number of aromatic nitrogens is 1. The molecule has 5 nitrogen and oxygen atoms in total. The molecule has 0 bridgehead atoms. The second-order valence-corrected chi connectivity index (χ2v) is 6.07. The number of nitrogens with one attached hydrogen (secondary N) is 1. The van der Waals surface area contributed by atoms with E-state index in [1.54, 1.807) is 29.6 Å². The third-order valence-corrected chi connectivity index (χ3v) is 4.19. The predicted octanol–water partition coefficient (Wildman–Crippen LogP) is 4.55. The molecule has 1 N–H and O–H groups in total. The number of hydrogen-bond donors (Lipinski definition) is 1. The second kappa shape index (κ2) is 7.83. The van der Waals surface area contributed by atoms with Gasteiger partial charge in [0.1, 0.15) is 11.6 Å². The third kappa shape index (κ3) is 4.09. The molecular weight excluding hydrogens is 358 g/mol. The fourth-order valence-corrected chi connectivity index (χ4v) is 3.01. The van der Waals surface area contributed by atoms with Crippen LogP contribution in [-0.2, 0) is 4.79 Å². The Kier molecular flexibility index (Phi) is 5.33. The Morgan fingerprint density at radius 3 is 2.62 bits per heavy atom. The number of para-hydroxylation sites is 1. The van der Waals surface area contributed by atoms with Crippen molar-refractivity contribution >= 4 is 40.0 Å². The summed E-state index contributed by atoms with van der Waals surface area (Å²) in [5.74, 6) is -1.19. The molecule has 0 atom stereocenters. The van der Waals surface area contributed by atoms with Gasteiger partial charge in [0.15, 0.2) is 5.13 Å². The van der Waals surface area contributed by atoms with Crippen LogP contribution in [0.2, 0.25) is 0 Å². The first-order chi connectivity index (χ1) is 12.5. The summed E-state index contributed by atoms with van der Waals surface area (Å²) in [6, 6.07) is 11.7. The number of amides is 1. The molecule has 0 aliphatic carbocycles. The maximum absolute atomic E-state index is 14.0. The third-order valence-electron chi connectivity index (χ3n) is 3.34. The van der Waals surface area contributed by atoms with E-state index < -0.39 is 5.82 Å². The summed E-state index contributed by atoms with van der Waals surface area (Å²) in [6.45, 7) is 1.34. The zero-order chi connectivity index (χ0) is 18.5. The molecule has 0 fully saturated rings. The molecule has 0 spiro atoms.